The minimum Gasteiger partial charge on any atom is -0.493 e. The number of hydrogen-bond acceptors (Lipinski definition) is 5. The Hall–Kier alpha value is -3.17. The van der Waals surface area contributed by atoms with Crippen LogP contribution in [-0.4, -0.2) is 30.7 Å². The van der Waals surface area contributed by atoms with E-state index in [0.29, 0.717) is 18.8 Å². The summed E-state index contributed by atoms with van der Waals surface area (Å²) < 4.78 is 34.8. The fourth-order valence-corrected chi connectivity index (χ4v) is 4.53. The molecular formula is C22H24N4O4S. The van der Waals surface area contributed by atoms with Gasteiger partial charge in [0.2, 0.25) is 10.0 Å². The zero-order chi connectivity index (χ0) is 22.0. The van der Waals surface area contributed by atoms with E-state index in [2.05, 4.69) is 15.1 Å². The third-order valence-corrected chi connectivity index (χ3v) is 6.55. The highest BCUT2D eigenvalue weighted by molar-refractivity contribution is 7.89. The first-order valence-corrected chi connectivity index (χ1v) is 11.4. The van der Waals surface area contributed by atoms with Crippen LogP contribution in [0.2, 0.25) is 0 Å². The summed E-state index contributed by atoms with van der Waals surface area (Å²) >= 11 is 0. The van der Waals surface area contributed by atoms with Crippen molar-refractivity contribution < 1.29 is 17.9 Å². The maximum atomic E-state index is 12.6. The predicted molar refractivity (Wildman–Crippen MR) is 115 cm³/mol. The van der Waals surface area contributed by atoms with Crippen LogP contribution in [0.1, 0.15) is 32.9 Å². The van der Waals surface area contributed by atoms with E-state index in [0.717, 1.165) is 34.6 Å². The lowest BCUT2D eigenvalue weighted by Gasteiger charge is -2.09. The van der Waals surface area contributed by atoms with Crippen LogP contribution in [0.5, 0.6) is 5.75 Å². The lowest BCUT2D eigenvalue weighted by Crippen LogP contribution is -2.25. The summed E-state index contributed by atoms with van der Waals surface area (Å²) in [5.41, 5.74) is 3.94. The number of ether oxygens (including phenoxy) is 1. The Morgan fingerprint density at radius 3 is 2.48 bits per heavy atom. The Morgan fingerprint density at radius 1 is 1.10 bits per heavy atom. The van der Waals surface area contributed by atoms with Crippen molar-refractivity contribution in [3.05, 3.63) is 76.6 Å². The van der Waals surface area contributed by atoms with Crippen LogP contribution in [0.4, 0.5) is 0 Å². The summed E-state index contributed by atoms with van der Waals surface area (Å²) in [7, 11) is -1.88. The zero-order valence-corrected chi connectivity index (χ0v) is 18.2. The minimum atomic E-state index is -3.62. The standard InChI is InChI=1S/C22H24N4O4S/c1-15-11-20(26(2)25-15)22(27)23-13-16-3-5-17(6-4-16)14-24-31(28,29)19-7-8-21-18(12-19)9-10-30-21/h3-8,11-12,24H,9-10,13-14H2,1-2H3,(H,23,27). The third-order valence-electron chi connectivity index (χ3n) is 5.15. The summed E-state index contributed by atoms with van der Waals surface area (Å²) in [6, 6.07) is 14.1. The van der Waals surface area contributed by atoms with Gasteiger partial charge in [0.15, 0.2) is 0 Å². The second-order valence-corrected chi connectivity index (χ2v) is 9.25. The Labute approximate surface area is 181 Å². The SMILES string of the molecule is Cc1cc(C(=O)NCc2ccc(CNS(=O)(=O)c3ccc4c(c3)CCO4)cc2)n(C)n1. The van der Waals surface area contributed by atoms with Crippen LogP contribution in [0, 0.1) is 6.92 Å². The van der Waals surface area contributed by atoms with Crippen molar-refractivity contribution in [3.63, 3.8) is 0 Å². The predicted octanol–water partition coefficient (Wildman–Crippen LogP) is 2.07. The van der Waals surface area contributed by atoms with Gasteiger partial charge in [0, 0.05) is 26.6 Å². The van der Waals surface area contributed by atoms with E-state index in [1.165, 1.54) is 0 Å². The van der Waals surface area contributed by atoms with E-state index in [1.807, 2.05) is 31.2 Å². The topological polar surface area (TPSA) is 102 Å². The monoisotopic (exact) mass is 440 g/mol. The number of aryl methyl sites for hydroxylation is 2. The summed E-state index contributed by atoms with van der Waals surface area (Å²) in [5, 5.41) is 7.04. The first kappa shape index (κ1) is 21.1. The van der Waals surface area contributed by atoms with Gasteiger partial charge in [0.05, 0.1) is 17.2 Å². The number of fused-ring (bicyclic) bond motifs is 1. The van der Waals surface area contributed by atoms with E-state index in [4.69, 9.17) is 4.74 Å². The molecule has 3 aromatic rings. The molecule has 1 aliphatic heterocycles. The van der Waals surface area contributed by atoms with Gasteiger partial charge in [-0.2, -0.15) is 5.10 Å². The van der Waals surface area contributed by atoms with E-state index >= 15 is 0 Å². The molecule has 1 aliphatic rings. The number of amides is 1. The zero-order valence-electron chi connectivity index (χ0n) is 17.4. The average Bonchev–Trinajstić information content (AvgIpc) is 3.36. The molecule has 1 amide bonds. The molecule has 0 saturated heterocycles. The van der Waals surface area contributed by atoms with E-state index in [-0.39, 0.29) is 17.3 Å². The largest absolute Gasteiger partial charge is 0.493 e. The van der Waals surface area contributed by atoms with Crippen molar-refractivity contribution >= 4 is 15.9 Å². The molecule has 0 saturated carbocycles. The van der Waals surface area contributed by atoms with E-state index < -0.39 is 10.0 Å². The number of hydrogen-bond donors (Lipinski definition) is 2. The Morgan fingerprint density at radius 2 is 1.81 bits per heavy atom. The van der Waals surface area contributed by atoms with Crippen molar-refractivity contribution in [2.45, 2.75) is 31.3 Å². The first-order valence-electron chi connectivity index (χ1n) is 9.94. The molecule has 31 heavy (non-hydrogen) atoms. The highest BCUT2D eigenvalue weighted by atomic mass is 32.2. The van der Waals surface area contributed by atoms with Crippen LogP contribution in [0.3, 0.4) is 0 Å². The fourth-order valence-electron chi connectivity index (χ4n) is 3.46. The third kappa shape index (κ3) is 4.78. The van der Waals surface area contributed by atoms with Gasteiger partial charge >= 0.3 is 0 Å². The molecule has 0 spiro atoms. The van der Waals surface area contributed by atoms with Crippen molar-refractivity contribution in [1.29, 1.82) is 0 Å². The molecule has 2 aromatic carbocycles. The smallest absolute Gasteiger partial charge is 0.269 e. The summed E-state index contributed by atoms with van der Waals surface area (Å²) in [5.74, 6) is 0.555. The van der Waals surface area contributed by atoms with Crippen LogP contribution in [0.15, 0.2) is 53.4 Å². The molecule has 8 nitrogen and oxygen atoms in total. The minimum absolute atomic E-state index is 0.177. The molecule has 0 atom stereocenters. The molecular weight excluding hydrogens is 416 g/mol. The van der Waals surface area contributed by atoms with Gasteiger partial charge in [-0.1, -0.05) is 24.3 Å². The number of carbonyl (C=O) groups is 1. The van der Waals surface area contributed by atoms with Gasteiger partial charge < -0.3 is 10.1 Å². The molecule has 9 heteroatoms. The number of nitrogens with zero attached hydrogens (tertiary/aromatic N) is 2. The Bertz CT molecular complexity index is 1220. The van der Waals surface area contributed by atoms with Gasteiger partial charge in [-0.3, -0.25) is 9.48 Å². The van der Waals surface area contributed by atoms with Crippen molar-refractivity contribution in [2.75, 3.05) is 6.61 Å². The number of carbonyl (C=O) groups excluding carboxylic acids is 1. The number of sulfonamides is 1. The number of rotatable bonds is 7. The quantitative estimate of drug-likeness (QED) is 0.586. The lowest BCUT2D eigenvalue weighted by atomic mass is 10.1. The second kappa shape index (κ2) is 8.52. The molecule has 0 radical (unpaired) electrons. The van der Waals surface area contributed by atoms with Gasteiger partial charge in [0.25, 0.3) is 5.91 Å². The second-order valence-electron chi connectivity index (χ2n) is 7.49. The van der Waals surface area contributed by atoms with Crippen LogP contribution in [-0.2, 0) is 36.6 Å². The molecule has 0 unspecified atom stereocenters. The Balaban J connectivity index is 1.33. The highest BCUT2D eigenvalue weighted by Crippen LogP contribution is 2.27. The van der Waals surface area contributed by atoms with Crippen LogP contribution >= 0.6 is 0 Å². The molecule has 2 heterocycles. The molecule has 4 rings (SSSR count). The van der Waals surface area contributed by atoms with Crippen molar-refractivity contribution in [1.82, 2.24) is 19.8 Å². The highest BCUT2D eigenvalue weighted by Gasteiger charge is 2.19. The Kier molecular flexibility index (Phi) is 5.79. The normalized spacial score (nSPS) is 13.0. The first-order chi connectivity index (χ1) is 14.8. The molecule has 0 aliphatic carbocycles. The van der Waals surface area contributed by atoms with Crippen LogP contribution < -0.4 is 14.8 Å². The average molecular weight is 441 g/mol. The summed E-state index contributed by atoms with van der Waals surface area (Å²) in [4.78, 5) is 12.5. The maximum absolute atomic E-state index is 12.6. The molecule has 162 valence electrons. The van der Waals surface area contributed by atoms with Gasteiger partial charge in [-0.15, -0.1) is 0 Å². The van der Waals surface area contributed by atoms with E-state index in [1.54, 1.807) is 36.0 Å². The fraction of sp³-hybridized carbons (Fsp3) is 0.273. The van der Waals surface area contributed by atoms with Crippen molar-refractivity contribution in [2.24, 2.45) is 7.05 Å². The molecule has 1 aromatic heterocycles. The summed E-state index contributed by atoms with van der Waals surface area (Å²) in [6.07, 6.45) is 0.719. The number of nitrogens with one attached hydrogen (secondary N) is 2. The number of benzene rings is 2. The number of aromatic nitrogens is 2. The summed E-state index contributed by atoms with van der Waals surface area (Å²) in [6.45, 7) is 2.96. The molecule has 0 fully saturated rings. The van der Waals surface area contributed by atoms with Gasteiger partial charge in [0.1, 0.15) is 11.4 Å². The van der Waals surface area contributed by atoms with Crippen LogP contribution in [0.25, 0.3) is 0 Å². The van der Waals surface area contributed by atoms with E-state index in [9.17, 15) is 13.2 Å². The maximum Gasteiger partial charge on any atom is 0.269 e. The lowest BCUT2D eigenvalue weighted by molar-refractivity contribution is 0.0941. The molecule has 0 bridgehead atoms. The van der Waals surface area contributed by atoms with Gasteiger partial charge in [-0.25, -0.2) is 13.1 Å². The van der Waals surface area contributed by atoms with Gasteiger partial charge in [-0.05, 0) is 47.9 Å². The van der Waals surface area contributed by atoms with Crippen molar-refractivity contribution in [3.8, 4) is 5.75 Å². The molecule has 2 N–H and O–H groups in total.